The zero-order valence-electron chi connectivity index (χ0n) is 15.3. The average Bonchev–Trinajstić information content (AvgIpc) is 3.20. The SMILES string of the molecule is CN(c1ccc(OCC(=O)NC2CCCC2)cc1)S(=O)(=O)c1ccccc1. The molecule has 0 radical (unpaired) electrons. The summed E-state index contributed by atoms with van der Waals surface area (Å²) in [5.74, 6) is 0.389. The third-order valence-electron chi connectivity index (χ3n) is 4.69. The Morgan fingerprint density at radius 3 is 2.33 bits per heavy atom. The van der Waals surface area contributed by atoms with E-state index in [4.69, 9.17) is 4.74 Å². The van der Waals surface area contributed by atoms with Gasteiger partial charge in [0.2, 0.25) is 0 Å². The second-order valence-electron chi connectivity index (χ2n) is 6.62. The maximum Gasteiger partial charge on any atom is 0.264 e. The standard InChI is InChI=1S/C20H24N2O4S/c1-22(27(24,25)19-9-3-2-4-10-19)17-11-13-18(14-12-17)26-15-20(23)21-16-7-5-6-8-16/h2-4,9-14,16H,5-8,15H2,1H3,(H,21,23). The van der Waals surface area contributed by atoms with E-state index in [-0.39, 0.29) is 23.5 Å². The fourth-order valence-electron chi connectivity index (χ4n) is 3.13. The van der Waals surface area contributed by atoms with Gasteiger partial charge in [-0.15, -0.1) is 0 Å². The summed E-state index contributed by atoms with van der Waals surface area (Å²) in [7, 11) is -2.11. The van der Waals surface area contributed by atoms with E-state index in [1.54, 1.807) is 54.6 Å². The summed E-state index contributed by atoms with van der Waals surface area (Å²) in [5, 5.41) is 2.97. The fourth-order valence-corrected chi connectivity index (χ4v) is 4.35. The van der Waals surface area contributed by atoms with E-state index in [1.807, 2.05) is 0 Å². The molecule has 0 atom stereocenters. The van der Waals surface area contributed by atoms with E-state index >= 15 is 0 Å². The van der Waals surface area contributed by atoms with Gasteiger partial charge in [0.1, 0.15) is 5.75 Å². The van der Waals surface area contributed by atoms with Crippen molar-refractivity contribution in [2.24, 2.45) is 0 Å². The van der Waals surface area contributed by atoms with Crippen LogP contribution in [0.5, 0.6) is 5.75 Å². The number of anilines is 1. The zero-order valence-corrected chi connectivity index (χ0v) is 16.1. The van der Waals surface area contributed by atoms with Gasteiger partial charge >= 0.3 is 0 Å². The highest BCUT2D eigenvalue weighted by Gasteiger charge is 2.21. The maximum absolute atomic E-state index is 12.6. The van der Waals surface area contributed by atoms with Crippen molar-refractivity contribution in [2.45, 2.75) is 36.6 Å². The Morgan fingerprint density at radius 2 is 1.70 bits per heavy atom. The number of sulfonamides is 1. The molecule has 0 heterocycles. The molecule has 0 aromatic heterocycles. The molecule has 0 spiro atoms. The van der Waals surface area contributed by atoms with Crippen LogP contribution >= 0.6 is 0 Å². The predicted molar refractivity (Wildman–Crippen MR) is 104 cm³/mol. The Hall–Kier alpha value is -2.54. The van der Waals surface area contributed by atoms with Crippen LogP contribution in [0, 0.1) is 0 Å². The molecule has 1 saturated carbocycles. The molecule has 0 unspecified atom stereocenters. The van der Waals surface area contributed by atoms with Crippen LogP contribution in [0.3, 0.4) is 0 Å². The second-order valence-corrected chi connectivity index (χ2v) is 8.59. The minimum absolute atomic E-state index is 0.0476. The van der Waals surface area contributed by atoms with Crippen LogP contribution in [0.4, 0.5) is 5.69 Å². The first kappa shape index (κ1) is 19.2. The molecular weight excluding hydrogens is 364 g/mol. The van der Waals surface area contributed by atoms with Crippen LogP contribution in [-0.2, 0) is 14.8 Å². The normalized spacial score (nSPS) is 14.7. The molecule has 0 bridgehead atoms. The molecule has 3 rings (SSSR count). The highest BCUT2D eigenvalue weighted by molar-refractivity contribution is 7.92. The number of hydrogen-bond donors (Lipinski definition) is 1. The quantitative estimate of drug-likeness (QED) is 0.791. The third kappa shape index (κ3) is 4.80. The van der Waals surface area contributed by atoms with Crippen molar-refractivity contribution in [1.29, 1.82) is 0 Å². The van der Waals surface area contributed by atoms with E-state index in [0.29, 0.717) is 11.4 Å². The fraction of sp³-hybridized carbons (Fsp3) is 0.350. The molecule has 144 valence electrons. The molecule has 1 amide bonds. The molecule has 1 aliphatic carbocycles. The molecule has 2 aromatic carbocycles. The lowest BCUT2D eigenvalue weighted by molar-refractivity contribution is -0.123. The summed E-state index contributed by atoms with van der Waals surface area (Å²) in [6.07, 6.45) is 4.38. The zero-order chi connectivity index (χ0) is 19.3. The van der Waals surface area contributed by atoms with Crippen LogP contribution in [-0.4, -0.2) is 34.0 Å². The van der Waals surface area contributed by atoms with E-state index in [9.17, 15) is 13.2 Å². The molecular formula is C20H24N2O4S. The number of benzene rings is 2. The Kier molecular flexibility index (Phi) is 6.01. The predicted octanol–water partition coefficient (Wildman–Crippen LogP) is 2.95. The summed E-state index contributed by atoms with van der Waals surface area (Å²) >= 11 is 0. The molecule has 27 heavy (non-hydrogen) atoms. The smallest absolute Gasteiger partial charge is 0.264 e. The number of ether oxygens (including phenoxy) is 1. The molecule has 1 N–H and O–H groups in total. The van der Waals surface area contributed by atoms with Gasteiger partial charge in [-0.3, -0.25) is 9.10 Å². The number of amides is 1. The second kappa shape index (κ2) is 8.43. The molecule has 6 nitrogen and oxygen atoms in total. The first-order valence-electron chi connectivity index (χ1n) is 9.03. The van der Waals surface area contributed by atoms with Gasteiger partial charge in [-0.1, -0.05) is 31.0 Å². The lowest BCUT2D eigenvalue weighted by atomic mass is 10.2. The molecule has 0 saturated heterocycles. The Bertz CT molecular complexity index is 861. The van der Waals surface area contributed by atoms with Gasteiger partial charge in [-0.05, 0) is 49.2 Å². The molecule has 2 aromatic rings. The van der Waals surface area contributed by atoms with Gasteiger partial charge < -0.3 is 10.1 Å². The largest absolute Gasteiger partial charge is 0.484 e. The Balaban J connectivity index is 1.58. The summed E-state index contributed by atoms with van der Waals surface area (Å²) in [6, 6.07) is 15.2. The minimum atomic E-state index is -3.62. The molecule has 1 aliphatic rings. The van der Waals surface area contributed by atoms with Crippen molar-refractivity contribution in [1.82, 2.24) is 5.32 Å². The van der Waals surface area contributed by atoms with Gasteiger partial charge in [0.15, 0.2) is 6.61 Å². The van der Waals surface area contributed by atoms with Gasteiger partial charge in [-0.25, -0.2) is 8.42 Å². The highest BCUT2D eigenvalue weighted by Crippen LogP contribution is 2.24. The number of carbonyl (C=O) groups is 1. The Labute approximate surface area is 160 Å². The number of rotatable bonds is 7. The maximum atomic E-state index is 12.6. The summed E-state index contributed by atoms with van der Waals surface area (Å²) in [6.45, 7) is -0.0476. The number of nitrogens with zero attached hydrogens (tertiary/aromatic N) is 1. The van der Waals surface area contributed by atoms with E-state index < -0.39 is 10.0 Å². The van der Waals surface area contributed by atoms with E-state index in [2.05, 4.69) is 5.32 Å². The van der Waals surface area contributed by atoms with Crippen LogP contribution in [0.1, 0.15) is 25.7 Å². The summed E-state index contributed by atoms with van der Waals surface area (Å²) in [5.41, 5.74) is 0.515. The van der Waals surface area contributed by atoms with Crippen molar-refractivity contribution < 1.29 is 17.9 Å². The lowest BCUT2D eigenvalue weighted by Gasteiger charge is -2.20. The van der Waals surface area contributed by atoms with E-state index in [0.717, 1.165) is 25.7 Å². The van der Waals surface area contributed by atoms with Gasteiger partial charge in [0.25, 0.3) is 15.9 Å². The van der Waals surface area contributed by atoms with Crippen molar-refractivity contribution in [3.05, 3.63) is 54.6 Å². The van der Waals surface area contributed by atoms with Gasteiger partial charge in [0.05, 0.1) is 10.6 Å². The van der Waals surface area contributed by atoms with Gasteiger partial charge in [-0.2, -0.15) is 0 Å². The number of carbonyl (C=O) groups excluding carboxylic acids is 1. The highest BCUT2D eigenvalue weighted by atomic mass is 32.2. The molecule has 1 fully saturated rings. The van der Waals surface area contributed by atoms with Crippen LogP contribution in [0.25, 0.3) is 0 Å². The third-order valence-corrected chi connectivity index (χ3v) is 6.49. The summed E-state index contributed by atoms with van der Waals surface area (Å²) in [4.78, 5) is 12.1. The van der Waals surface area contributed by atoms with Crippen LogP contribution < -0.4 is 14.4 Å². The van der Waals surface area contributed by atoms with Gasteiger partial charge in [0, 0.05) is 13.1 Å². The first-order chi connectivity index (χ1) is 13.0. The van der Waals surface area contributed by atoms with Crippen molar-refractivity contribution in [2.75, 3.05) is 18.0 Å². The average molecular weight is 388 g/mol. The molecule has 0 aliphatic heterocycles. The number of hydrogen-bond acceptors (Lipinski definition) is 4. The van der Waals surface area contributed by atoms with Crippen molar-refractivity contribution in [3.63, 3.8) is 0 Å². The lowest BCUT2D eigenvalue weighted by Crippen LogP contribution is -2.36. The van der Waals surface area contributed by atoms with Crippen molar-refractivity contribution in [3.8, 4) is 5.75 Å². The topological polar surface area (TPSA) is 75.7 Å². The van der Waals surface area contributed by atoms with Crippen molar-refractivity contribution >= 4 is 21.6 Å². The van der Waals surface area contributed by atoms with Crippen LogP contribution in [0.15, 0.2) is 59.5 Å². The molecule has 7 heteroatoms. The van der Waals surface area contributed by atoms with E-state index in [1.165, 1.54) is 11.4 Å². The Morgan fingerprint density at radius 1 is 1.07 bits per heavy atom. The number of nitrogens with one attached hydrogen (secondary N) is 1. The summed E-state index contributed by atoms with van der Waals surface area (Å²) < 4.78 is 32.0. The first-order valence-corrected chi connectivity index (χ1v) is 10.5. The van der Waals surface area contributed by atoms with Crippen LogP contribution in [0.2, 0.25) is 0 Å². The monoisotopic (exact) mass is 388 g/mol. The minimum Gasteiger partial charge on any atom is -0.484 e.